The van der Waals surface area contributed by atoms with Crippen LogP contribution in [0.25, 0.3) is 22.4 Å². The molecule has 0 aliphatic rings. The van der Waals surface area contributed by atoms with E-state index in [0.29, 0.717) is 17.9 Å². The van der Waals surface area contributed by atoms with E-state index in [-0.39, 0.29) is 12.4 Å². The number of imidazole rings is 1. The summed E-state index contributed by atoms with van der Waals surface area (Å²) in [5.41, 5.74) is 2.21. The topological polar surface area (TPSA) is 44.3 Å². The van der Waals surface area contributed by atoms with Gasteiger partial charge >= 0.3 is 5.82 Å². The highest BCUT2D eigenvalue weighted by Gasteiger charge is 2.24. The van der Waals surface area contributed by atoms with E-state index in [0.717, 1.165) is 22.4 Å². The lowest BCUT2D eigenvalue weighted by molar-refractivity contribution is -0.567. The molecule has 0 saturated heterocycles. The number of hydrogen-bond acceptors (Lipinski definition) is 3. The van der Waals surface area contributed by atoms with Crippen LogP contribution in [0.15, 0.2) is 54.6 Å². The van der Waals surface area contributed by atoms with Crippen molar-refractivity contribution in [3.05, 3.63) is 59.8 Å². The minimum atomic E-state index is 0. The average molecular weight is 334 g/mol. The second-order valence-electron chi connectivity index (χ2n) is 5.40. The highest BCUT2D eigenvalue weighted by Crippen LogP contribution is 2.21. The first-order valence-electron chi connectivity index (χ1n) is 7.25. The minimum absolute atomic E-state index is 0. The van der Waals surface area contributed by atoms with E-state index in [2.05, 4.69) is 0 Å². The van der Waals surface area contributed by atoms with Crippen LogP contribution >= 0.6 is 12.4 Å². The smallest absolute Gasteiger partial charge is 0.332 e. The van der Waals surface area contributed by atoms with Gasteiger partial charge in [-0.1, -0.05) is 30.3 Å². The van der Waals surface area contributed by atoms with Crippen molar-refractivity contribution < 1.29 is 9.57 Å². The fourth-order valence-corrected chi connectivity index (χ4v) is 2.39. The van der Waals surface area contributed by atoms with Crippen molar-refractivity contribution in [2.45, 2.75) is 0 Å². The van der Waals surface area contributed by atoms with Gasteiger partial charge in [0.2, 0.25) is 5.52 Å². The normalized spacial score (nSPS) is 10.7. The van der Waals surface area contributed by atoms with E-state index < -0.39 is 0 Å². The first-order chi connectivity index (χ1) is 10.7. The number of rotatable bonds is 5. The number of fused-ring (bicyclic) bond motifs is 1. The van der Waals surface area contributed by atoms with Crippen molar-refractivity contribution in [1.82, 2.24) is 9.63 Å². The van der Waals surface area contributed by atoms with Crippen LogP contribution in [0.1, 0.15) is 0 Å². The van der Waals surface area contributed by atoms with Crippen LogP contribution in [-0.2, 0) is 0 Å². The molecule has 5 nitrogen and oxygen atoms in total. The van der Waals surface area contributed by atoms with Crippen LogP contribution in [0, 0.1) is 5.21 Å². The largest absolute Gasteiger partial charge is 0.710 e. The van der Waals surface area contributed by atoms with Gasteiger partial charge in [-0.05, 0) is 43.1 Å². The summed E-state index contributed by atoms with van der Waals surface area (Å²) < 4.78 is 2.57. The lowest BCUT2D eigenvalue weighted by Crippen LogP contribution is -2.31. The van der Waals surface area contributed by atoms with E-state index >= 15 is 0 Å². The van der Waals surface area contributed by atoms with Crippen molar-refractivity contribution in [3.63, 3.8) is 0 Å². The van der Waals surface area contributed by atoms with Gasteiger partial charge < -0.3 is 14.9 Å². The molecule has 0 saturated carbocycles. The first-order valence-corrected chi connectivity index (χ1v) is 7.25. The van der Waals surface area contributed by atoms with E-state index in [9.17, 15) is 5.21 Å². The summed E-state index contributed by atoms with van der Waals surface area (Å²) in [5.74, 6) is 0.501. The third kappa shape index (κ3) is 3.41. The Morgan fingerprint density at radius 2 is 1.70 bits per heavy atom. The van der Waals surface area contributed by atoms with Crippen molar-refractivity contribution in [3.8, 4) is 11.4 Å². The van der Waals surface area contributed by atoms with E-state index in [1.807, 2.05) is 67.5 Å². The Bertz CT molecular complexity index is 772. The molecule has 2 aromatic carbocycles. The Morgan fingerprint density at radius 1 is 1.04 bits per heavy atom. The molecule has 23 heavy (non-hydrogen) atoms. The molecule has 1 heterocycles. The van der Waals surface area contributed by atoms with Crippen LogP contribution in [0.5, 0.6) is 0 Å². The van der Waals surface area contributed by atoms with Gasteiger partial charge in [-0.3, -0.25) is 0 Å². The molecule has 0 aliphatic carbocycles. The molecule has 3 aromatic rings. The fourth-order valence-electron chi connectivity index (χ4n) is 2.39. The maximum atomic E-state index is 12.7. The summed E-state index contributed by atoms with van der Waals surface area (Å²) in [5, 5.41) is 12.7. The fraction of sp³-hybridized carbons (Fsp3) is 0.235. The van der Waals surface area contributed by atoms with Gasteiger partial charge in [0.15, 0.2) is 12.1 Å². The van der Waals surface area contributed by atoms with E-state index in [4.69, 9.17) is 4.84 Å². The van der Waals surface area contributed by atoms with Gasteiger partial charge in [0.05, 0.1) is 5.56 Å². The lowest BCUT2D eigenvalue weighted by atomic mass is 10.2. The predicted octanol–water partition coefficient (Wildman–Crippen LogP) is 2.35. The highest BCUT2D eigenvalue weighted by atomic mass is 35.5. The number of likely N-dealkylation sites (N-methyl/N-ethyl adjacent to an activating group) is 1. The van der Waals surface area contributed by atoms with E-state index in [1.54, 1.807) is 10.8 Å². The minimum Gasteiger partial charge on any atom is -0.710 e. The summed E-state index contributed by atoms with van der Waals surface area (Å²) in [6.45, 7) is 1.28. The summed E-state index contributed by atoms with van der Waals surface area (Å²) >= 11 is 0. The number of hydrogen-bond donors (Lipinski definition) is 0. The summed E-state index contributed by atoms with van der Waals surface area (Å²) in [6, 6.07) is 17.0. The Kier molecular flexibility index (Phi) is 5.47. The maximum absolute atomic E-state index is 12.7. The molecule has 0 N–H and O–H groups in total. The van der Waals surface area contributed by atoms with Crippen molar-refractivity contribution in [2.75, 3.05) is 27.2 Å². The average Bonchev–Trinajstić information content (AvgIpc) is 2.81. The molecule has 0 amide bonds. The van der Waals surface area contributed by atoms with Gasteiger partial charge in [-0.2, -0.15) is 0 Å². The molecular weight excluding hydrogens is 314 g/mol. The molecule has 1 aromatic heterocycles. The van der Waals surface area contributed by atoms with E-state index in [1.165, 1.54) is 0 Å². The highest BCUT2D eigenvalue weighted by molar-refractivity contribution is 5.85. The maximum Gasteiger partial charge on any atom is 0.332 e. The van der Waals surface area contributed by atoms with Crippen molar-refractivity contribution in [2.24, 2.45) is 0 Å². The third-order valence-electron chi connectivity index (χ3n) is 3.49. The van der Waals surface area contributed by atoms with Gasteiger partial charge in [0.1, 0.15) is 0 Å². The van der Waals surface area contributed by atoms with Crippen LogP contribution in [0.2, 0.25) is 0 Å². The molecule has 0 fully saturated rings. The lowest BCUT2D eigenvalue weighted by Gasteiger charge is -2.10. The molecule has 0 atom stereocenters. The number of benzene rings is 2. The van der Waals surface area contributed by atoms with Gasteiger partial charge in [-0.15, -0.1) is 12.4 Å². The van der Waals surface area contributed by atoms with Gasteiger partial charge in [0.25, 0.3) is 0 Å². The Hall–Kier alpha value is -2.24. The van der Waals surface area contributed by atoms with Crippen LogP contribution < -0.4 is 9.57 Å². The van der Waals surface area contributed by atoms with Crippen LogP contribution in [0.4, 0.5) is 0 Å². The first kappa shape index (κ1) is 17.1. The zero-order valence-electron chi connectivity index (χ0n) is 13.2. The second kappa shape index (κ2) is 7.35. The molecule has 122 valence electrons. The predicted molar refractivity (Wildman–Crippen MR) is 93.6 cm³/mol. The monoisotopic (exact) mass is 333 g/mol. The number of halogens is 1. The molecular formula is C17H20ClN3O2. The second-order valence-corrected chi connectivity index (χ2v) is 5.40. The Morgan fingerprint density at radius 3 is 2.39 bits per heavy atom. The third-order valence-corrected chi connectivity index (χ3v) is 3.49. The Labute approximate surface area is 141 Å². The van der Waals surface area contributed by atoms with Crippen molar-refractivity contribution in [1.29, 1.82) is 0 Å². The number of nitrogens with zero attached hydrogens (tertiary/aromatic N) is 3. The molecule has 6 heteroatoms. The Balaban J connectivity index is 0.00000192. The van der Waals surface area contributed by atoms with Gasteiger partial charge in [-0.25, -0.2) is 4.73 Å². The van der Waals surface area contributed by atoms with Crippen LogP contribution in [0.3, 0.4) is 0 Å². The molecule has 0 spiro atoms. The standard InChI is InChI=1S/C17H19N3O2.ClH/c1-18(2)12-13-22-20-16-11-7-6-10-15(16)19(21)17(20)14-8-4-3-5-9-14;/h3-11H,12-13H2,1-2H3;1H. The summed E-state index contributed by atoms with van der Waals surface area (Å²) in [7, 11) is 3.98. The summed E-state index contributed by atoms with van der Waals surface area (Å²) in [6.07, 6.45) is 0. The molecule has 0 unspecified atom stereocenters. The van der Waals surface area contributed by atoms with Crippen molar-refractivity contribution >= 4 is 23.4 Å². The number of para-hydroxylation sites is 2. The zero-order valence-corrected chi connectivity index (χ0v) is 14.0. The zero-order chi connectivity index (χ0) is 15.5. The molecule has 3 rings (SSSR count). The van der Waals surface area contributed by atoms with Crippen LogP contribution in [-0.4, -0.2) is 36.9 Å². The molecule has 0 bridgehead atoms. The molecule has 0 radical (unpaired) electrons. The number of aromatic nitrogens is 2. The van der Waals surface area contributed by atoms with Gasteiger partial charge in [0, 0.05) is 6.54 Å². The summed E-state index contributed by atoms with van der Waals surface area (Å²) in [4.78, 5) is 7.93. The SMILES string of the molecule is CN(C)CCOn1c(-c2ccccc2)[n+]([O-])c2ccccc21.Cl. The quantitative estimate of drug-likeness (QED) is 0.532. The molecule has 0 aliphatic heterocycles.